The van der Waals surface area contributed by atoms with Gasteiger partial charge in [-0.2, -0.15) is 0 Å². The molecule has 0 aliphatic carbocycles. The molecule has 3 N–H and O–H groups in total. The van der Waals surface area contributed by atoms with Crippen LogP contribution in [0.5, 0.6) is 0 Å². The van der Waals surface area contributed by atoms with Gasteiger partial charge in [0, 0.05) is 17.8 Å². The molecule has 0 bridgehead atoms. The largest absolute Gasteiger partial charge is 0.376 e. The van der Waals surface area contributed by atoms with E-state index in [1.54, 1.807) is 37.4 Å². The third kappa shape index (κ3) is 4.73. The molecule has 126 valence electrons. The molecule has 2 aromatic rings. The van der Waals surface area contributed by atoms with Crippen molar-refractivity contribution in [2.75, 3.05) is 18.9 Å². The number of para-hydroxylation sites is 1. The molecule has 1 unspecified atom stereocenters. The summed E-state index contributed by atoms with van der Waals surface area (Å²) in [5.41, 5.74) is 2.09. The van der Waals surface area contributed by atoms with E-state index in [0.717, 1.165) is 5.56 Å². The Bertz CT molecular complexity index is 716. The Balaban J connectivity index is 1.94. The predicted molar refractivity (Wildman–Crippen MR) is 96.3 cm³/mol. The van der Waals surface area contributed by atoms with Crippen molar-refractivity contribution in [3.63, 3.8) is 0 Å². The van der Waals surface area contributed by atoms with Crippen LogP contribution in [-0.4, -0.2) is 25.4 Å². The van der Waals surface area contributed by atoms with Crippen molar-refractivity contribution in [2.45, 2.75) is 13.0 Å². The average Bonchev–Trinajstić information content (AvgIpc) is 2.60. The molecule has 0 aromatic heterocycles. The van der Waals surface area contributed by atoms with Crippen LogP contribution < -0.4 is 16.0 Å². The van der Waals surface area contributed by atoms with Gasteiger partial charge in [0.05, 0.1) is 18.2 Å². The topological polar surface area (TPSA) is 70.2 Å². The molecule has 0 aliphatic rings. The number of carbonyl (C=O) groups excluding carboxylic acids is 2. The van der Waals surface area contributed by atoms with Crippen LogP contribution in [0.1, 0.15) is 28.9 Å². The van der Waals surface area contributed by atoms with Crippen LogP contribution in [0.3, 0.4) is 0 Å². The van der Waals surface area contributed by atoms with E-state index in [-0.39, 0.29) is 24.4 Å². The van der Waals surface area contributed by atoms with Crippen LogP contribution in [0.25, 0.3) is 0 Å². The summed E-state index contributed by atoms with van der Waals surface area (Å²) in [5, 5.41) is 9.14. The highest BCUT2D eigenvalue weighted by molar-refractivity contribution is 6.30. The Morgan fingerprint density at radius 1 is 1.08 bits per heavy atom. The Kier molecular flexibility index (Phi) is 6.21. The molecule has 0 saturated heterocycles. The van der Waals surface area contributed by atoms with E-state index in [9.17, 15) is 9.59 Å². The number of carbonyl (C=O) groups is 2. The molecule has 0 radical (unpaired) electrons. The molecule has 0 fully saturated rings. The van der Waals surface area contributed by atoms with Crippen molar-refractivity contribution in [3.05, 3.63) is 64.7 Å². The van der Waals surface area contributed by atoms with Gasteiger partial charge in [0.2, 0.25) is 5.91 Å². The number of hydrogen-bond donors (Lipinski definition) is 3. The SMILES string of the molecule is CNC(=O)c1ccccc1NCC(=O)NC(C)c1ccc(Cl)cc1. The molecule has 5 nitrogen and oxygen atoms in total. The number of halogens is 1. The fourth-order valence-electron chi connectivity index (χ4n) is 2.27. The molecule has 6 heteroatoms. The van der Waals surface area contributed by atoms with Crippen LogP contribution >= 0.6 is 11.6 Å². The normalized spacial score (nSPS) is 11.5. The van der Waals surface area contributed by atoms with Crippen LogP contribution in [0.15, 0.2) is 48.5 Å². The Morgan fingerprint density at radius 2 is 1.75 bits per heavy atom. The minimum atomic E-state index is -0.201. The van der Waals surface area contributed by atoms with Crippen molar-refractivity contribution in [2.24, 2.45) is 0 Å². The number of benzene rings is 2. The zero-order valence-corrected chi connectivity index (χ0v) is 14.4. The minimum Gasteiger partial charge on any atom is -0.376 e. The van der Waals surface area contributed by atoms with Gasteiger partial charge in [-0.1, -0.05) is 35.9 Å². The van der Waals surface area contributed by atoms with Crippen LogP contribution in [0, 0.1) is 0 Å². The summed E-state index contributed by atoms with van der Waals surface area (Å²) in [6.07, 6.45) is 0. The monoisotopic (exact) mass is 345 g/mol. The quantitative estimate of drug-likeness (QED) is 0.753. The maximum absolute atomic E-state index is 12.1. The van der Waals surface area contributed by atoms with Crippen molar-refractivity contribution in [3.8, 4) is 0 Å². The lowest BCUT2D eigenvalue weighted by Crippen LogP contribution is -2.32. The lowest BCUT2D eigenvalue weighted by molar-refractivity contribution is -0.120. The van der Waals surface area contributed by atoms with E-state index in [0.29, 0.717) is 16.3 Å². The molecule has 2 rings (SSSR count). The van der Waals surface area contributed by atoms with Gasteiger partial charge in [-0.05, 0) is 36.8 Å². The van der Waals surface area contributed by atoms with Crippen molar-refractivity contribution >= 4 is 29.1 Å². The standard InChI is InChI=1S/C18H20ClN3O2/c1-12(13-7-9-14(19)10-8-13)22-17(23)11-21-16-6-4-3-5-15(16)18(24)20-2/h3-10,12,21H,11H2,1-2H3,(H,20,24)(H,22,23). The number of amides is 2. The molecule has 2 aromatic carbocycles. The number of nitrogens with one attached hydrogen (secondary N) is 3. The first-order valence-electron chi connectivity index (χ1n) is 7.61. The van der Waals surface area contributed by atoms with Gasteiger partial charge < -0.3 is 16.0 Å². The second-order valence-electron chi connectivity index (χ2n) is 5.32. The zero-order valence-electron chi connectivity index (χ0n) is 13.6. The Labute approximate surface area is 146 Å². The van der Waals surface area contributed by atoms with Crippen molar-refractivity contribution in [1.29, 1.82) is 0 Å². The number of rotatable bonds is 6. The molecular weight excluding hydrogens is 326 g/mol. The highest BCUT2D eigenvalue weighted by Crippen LogP contribution is 2.17. The molecule has 1 atom stereocenters. The smallest absolute Gasteiger partial charge is 0.253 e. The summed E-state index contributed by atoms with van der Waals surface area (Å²) < 4.78 is 0. The van der Waals surface area contributed by atoms with Crippen LogP contribution in [0.4, 0.5) is 5.69 Å². The van der Waals surface area contributed by atoms with Gasteiger partial charge in [0.1, 0.15) is 0 Å². The minimum absolute atomic E-state index is 0.0753. The molecule has 0 spiro atoms. The van der Waals surface area contributed by atoms with E-state index < -0.39 is 0 Å². The third-order valence-corrected chi connectivity index (χ3v) is 3.84. The molecular formula is C18H20ClN3O2. The first kappa shape index (κ1) is 17.8. The van der Waals surface area contributed by atoms with Gasteiger partial charge in [-0.25, -0.2) is 0 Å². The first-order valence-corrected chi connectivity index (χ1v) is 7.99. The second-order valence-corrected chi connectivity index (χ2v) is 5.76. The maximum atomic E-state index is 12.1. The molecule has 0 saturated carbocycles. The zero-order chi connectivity index (χ0) is 17.5. The summed E-state index contributed by atoms with van der Waals surface area (Å²) in [6, 6.07) is 14.3. The van der Waals surface area contributed by atoms with Gasteiger partial charge in [-0.15, -0.1) is 0 Å². The summed E-state index contributed by atoms with van der Waals surface area (Å²) in [5.74, 6) is -0.364. The molecule has 2 amide bonds. The van der Waals surface area contributed by atoms with E-state index in [1.165, 1.54) is 0 Å². The van der Waals surface area contributed by atoms with E-state index in [2.05, 4.69) is 16.0 Å². The van der Waals surface area contributed by atoms with E-state index in [4.69, 9.17) is 11.6 Å². The van der Waals surface area contributed by atoms with Crippen molar-refractivity contribution < 1.29 is 9.59 Å². The molecule has 24 heavy (non-hydrogen) atoms. The predicted octanol–water partition coefficient (Wildman–Crippen LogP) is 2.99. The highest BCUT2D eigenvalue weighted by atomic mass is 35.5. The van der Waals surface area contributed by atoms with Gasteiger partial charge in [-0.3, -0.25) is 9.59 Å². The van der Waals surface area contributed by atoms with E-state index in [1.807, 2.05) is 25.1 Å². The first-order chi connectivity index (χ1) is 11.5. The summed E-state index contributed by atoms with van der Waals surface area (Å²) in [4.78, 5) is 23.9. The highest BCUT2D eigenvalue weighted by Gasteiger charge is 2.12. The molecule has 0 aliphatic heterocycles. The second kappa shape index (κ2) is 8.36. The lowest BCUT2D eigenvalue weighted by Gasteiger charge is -2.16. The fourth-order valence-corrected chi connectivity index (χ4v) is 2.40. The summed E-state index contributed by atoms with van der Waals surface area (Å²) in [7, 11) is 1.57. The van der Waals surface area contributed by atoms with Gasteiger partial charge in [0.15, 0.2) is 0 Å². The lowest BCUT2D eigenvalue weighted by atomic mass is 10.1. The Morgan fingerprint density at radius 3 is 2.42 bits per heavy atom. The number of anilines is 1. The van der Waals surface area contributed by atoms with Crippen molar-refractivity contribution in [1.82, 2.24) is 10.6 Å². The number of hydrogen-bond acceptors (Lipinski definition) is 3. The fraction of sp³-hybridized carbons (Fsp3) is 0.222. The Hall–Kier alpha value is -2.53. The summed E-state index contributed by atoms with van der Waals surface area (Å²) in [6.45, 7) is 1.98. The van der Waals surface area contributed by atoms with Gasteiger partial charge in [0.25, 0.3) is 5.91 Å². The third-order valence-electron chi connectivity index (χ3n) is 3.59. The summed E-state index contributed by atoms with van der Waals surface area (Å²) >= 11 is 5.86. The molecule has 0 heterocycles. The van der Waals surface area contributed by atoms with E-state index >= 15 is 0 Å². The van der Waals surface area contributed by atoms with Gasteiger partial charge >= 0.3 is 0 Å². The van der Waals surface area contributed by atoms with Crippen LogP contribution in [0.2, 0.25) is 5.02 Å². The maximum Gasteiger partial charge on any atom is 0.253 e. The van der Waals surface area contributed by atoms with Crippen LogP contribution in [-0.2, 0) is 4.79 Å². The average molecular weight is 346 g/mol.